The van der Waals surface area contributed by atoms with Crippen LogP contribution in [0.15, 0.2) is 91.4 Å². The summed E-state index contributed by atoms with van der Waals surface area (Å²) in [6.07, 6.45) is 4.78. The van der Waals surface area contributed by atoms with Gasteiger partial charge in [0.1, 0.15) is 28.7 Å². The number of anilines is 2. The van der Waals surface area contributed by atoms with E-state index in [0.29, 0.717) is 34.4 Å². The molecule has 2 aromatic carbocycles. The summed E-state index contributed by atoms with van der Waals surface area (Å²) >= 11 is 0. The summed E-state index contributed by atoms with van der Waals surface area (Å²) < 4.78 is 11.5. The Morgan fingerprint density at radius 2 is 1.35 bits per heavy atom. The van der Waals surface area contributed by atoms with Crippen LogP contribution in [0.4, 0.5) is 16.2 Å². The first-order valence-corrected chi connectivity index (χ1v) is 10.3. The van der Waals surface area contributed by atoms with Gasteiger partial charge in [-0.1, -0.05) is 6.07 Å². The second-order valence-corrected chi connectivity index (χ2v) is 6.97. The first-order chi connectivity index (χ1) is 16.6. The number of carbonyl (C=O) groups is 2. The number of pyridine rings is 2. The van der Waals surface area contributed by atoms with E-state index in [0.717, 1.165) is 0 Å². The highest BCUT2D eigenvalue weighted by atomic mass is 16.5. The van der Waals surface area contributed by atoms with Crippen LogP contribution in [0, 0.1) is 0 Å². The minimum Gasteiger partial charge on any atom is -0.457 e. The summed E-state index contributed by atoms with van der Waals surface area (Å²) in [5.41, 5.74) is 1.41. The van der Waals surface area contributed by atoms with E-state index in [-0.39, 0.29) is 11.6 Å². The lowest BCUT2D eigenvalue weighted by atomic mass is 10.3. The van der Waals surface area contributed by atoms with Crippen molar-refractivity contribution in [2.75, 3.05) is 17.7 Å². The molecule has 3 amide bonds. The smallest absolute Gasteiger partial charge is 0.323 e. The Morgan fingerprint density at radius 1 is 0.706 bits per heavy atom. The van der Waals surface area contributed by atoms with Gasteiger partial charge >= 0.3 is 6.03 Å². The van der Waals surface area contributed by atoms with Crippen LogP contribution in [0.2, 0.25) is 0 Å². The summed E-state index contributed by atoms with van der Waals surface area (Å²) in [7, 11) is 1.53. The number of hydrogen-bond donors (Lipinski definition) is 3. The summed E-state index contributed by atoms with van der Waals surface area (Å²) in [5.74, 6) is 1.95. The van der Waals surface area contributed by atoms with Crippen LogP contribution >= 0.6 is 0 Å². The highest BCUT2D eigenvalue weighted by molar-refractivity contribution is 5.99. The second-order valence-electron chi connectivity index (χ2n) is 6.97. The lowest BCUT2D eigenvalue weighted by Gasteiger charge is -2.11. The van der Waals surface area contributed by atoms with Gasteiger partial charge in [0.05, 0.1) is 0 Å². The van der Waals surface area contributed by atoms with E-state index in [2.05, 4.69) is 25.9 Å². The maximum atomic E-state index is 12.4. The molecule has 0 saturated carbocycles. The molecular weight excluding hydrogens is 434 g/mol. The molecule has 2 heterocycles. The molecule has 0 aliphatic heterocycles. The van der Waals surface area contributed by atoms with Crippen LogP contribution in [0.1, 0.15) is 10.5 Å². The maximum absolute atomic E-state index is 12.4. The zero-order chi connectivity index (χ0) is 23.8. The Morgan fingerprint density at radius 3 is 2.09 bits per heavy atom. The fourth-order valence-corrected chi connectivity index (χ4v) is 2.94. The zero-order valence-corrected chi connectivity index (χ0v) is 18.2. The Balaban J connectivity index is 1.33. The van der Waals surface area contributed by atoms with Crippen LogP contribution in [0.25, 0.3) is 0 Å². The third kappa shape index (κ3) is 6.07. The topological polar surface area (TPSA) is 114 Å². The third-order valence-electron chi connectivity index (χ3n) is 4.52. The molecule has 0 aliphatic carbocycles. The monoisotopic (exact) mass is 455 g/mol. The molecule has 4 rings (SSSR count). The van der Waals surface area contributed by atoms with Gasteiger partial charge < -0.3 is 25.4 Å². The minimum atomic E-state index is -0.404. The molecule has 9 nitrogen and oxygen atoms in total. The lowest BCUT2D eigenvalue weighted by Crippen LogP contribution is -2.19. The van der Waals surface area contributed by atoms with E-state index in [4.69, 9.17) is 9.47 Å². The van der Waals surface area contributed by atoms with E-state index >= 15 is 0 Å². The fourth-order valence-electron chi connectivity index (χ4n) is 2.94. The van der Waals surface area contributed by atoms with E-state index in [9.17, 15) is 9.59 Å². The molecule has 2 aromatic heterocycles. The average molecular weight is 455 g/mol. The molecule has 9 heteroatoms. The number of carbonyl (C=O) groups excluding carboxylic acids is 2. The summed E-state index contributed by atoms with van der Waals surface area (Å²) in [5, 5.41) is 8.06. The van der Waals surface area contributed by atoms with Crippen molar-refractivity contribution in [1.82, 2.24) is 15.3 Å². The zero-order valence-electron chi connectivity index (χ0n) is 18.2. The molecule has 0 unspecified atom stereocenters. The predicted molar refractivity (Wildman–Crippen MR) is 128 cm³/mol. The van der Waals surface area contributed by atoms with Gasteiger partial charge in [-0.25, -0.2) is 4.79 Å². The first-order valence-electron chi connectivity index (χ1n) is 10.3. The molecule has 0 fully saturated rings. The van der Waals surface area contributed by atoms with Gasteiger partial charge in [-0.3, -0.25) is 14.8 Å². The van der Waals surface area contributed by atoms with Crippen LogP contribution in [0.5, 0.6) is 23.0 Å². The molecule has 0 radical (unpaired) electrons. The van der Waals surface area contributed by atoms with Gasteiger partial charge in [0.2, 0.25) is 0 Å². The van der Waals surface area contributed by atoms with Gasteiger partial charge in [0, 0.05) is 49.1 Å². The Kier molecular flexibility index (Phi) is 6.94. The van der Waals surface area contributed by atoms with Crippen LogP contribution < -0.4 is 25.4 Å². The number of nitrogens with zero attached hydrogens (tertiary/aromatic N) is 2. The van der Waals surface area contributed by atoms with Crippen LogP contribution in [0.3, 0.4) is 0 Å². The van der Waals surface area contributed by atoms with Crippen LogP contribution in [-0.4, -0.2) is 29.0 Å². The largest absolute Gasteiger partial charge is 0.457 e. The third-order valence-corrected chi connectivity index (χ3v) is 4.52. The first kappa shape index (κ1) is 22.3. The van der Waals surface area contributed by atoms with E-state index in [1.165, 1.54) is 13.2 Å². The molecule has 0 atom stereocenters. The second kappa shape index (κ2) is 10.6. The number of hydrogen-bond acceptors (Lipinski definition) is 6. The predicted octanol–water partition coefficient (Wildman–Crippen LogP) is 5.06. The van der Waals surface area contributed by atoms with Crippen molar-refractivity contribution in [3.8, 4) is 23.0 Å². The van der Waals surface area contributed by atoms with Gasteiger partial charge in [-0.15, -0.1) is 0 Å². The van der Waals surface area contributed by atoms with Crippen molar-refractivity contribution in [2.45, 2.75) is 0 Å². The number of rotatable bonds is 7. The molecular formula is C25H21N5O4. The van der Waals surface area contributed by atoms with Gasteiger partial charge in [-0.2, -0.15) is 0 Å². The number of urea groups is 1. The Hall–Kier alpha value is -4.92. The standard InChI is InChI=1S/C25H21N5O4/c1-26-24(31)23-16-22(11-14-28-23)33-19-7-5-17(6-8-19)29-25(32)30-18-3-2-4-21(15-18)34-20-9-12-27-13-10-20/h2-16H,1H3,(H,26,31)(H2,29,30,32). The molecule has 4 aromatic rings. The van der Waals surface area contributed by atoms with Gasteiger partial charge in [0.15, 0.2) is 0 Å². The molecule has 0 aliphatic rings. The number of amides is 3. The van der Waals surface area contributed by atoms with Crippen LogP contribution in [-0.2, 0) is 0 Å². The van der Waals surface area contributed by atoms with E-state index < -0.39 is 6.03 Å². The van der Waals surface area contributed by atoms with Crippen molar-refractivity contribution in [3.63, 3.8) is 0 Å². The van der Waals surface area contributed by atoms with Gasteiger partial charge in [-0.05, 0) is 54.6 Å². The lowest BCUT2D eigenvalue weighted by molar-refractivity contribution is 0.0958. The highest BCUT2D eigenvalue weighted by Gasteiger charge is 2.08. The highest BCUT2D eigenvalue weighted by Crippen LogP contribution is 2.25. The molecule has 0 bridgehead atoms. The average Bonchev–Trinajstić information content (AvgIpc) is 2.86. The van der Waals surface area contributed by atoms with Gasteiger partial charge in [0.25, 0.3) is 5.91 Å². The normalized spacial score (nSPS) is 10.1. The molecule has 0 saturated heterocycles. The molecule has 3 N–H and O–H groups in total. The van der Waals surface area contributed by atoms with E-state index in [1.807, 2.05) is 0 Å². The van der Waals surface area contributed by atoms with Crippen molar-refractivity contribution < 1.29 is 19.1 Å². The summed E-state index contributed by atoms with van der Waals surface area (Å²) in [4.78, 5) is 32.1. The number of ether oxygens (including phenoxy) is 2. The number of aromatic nitrogens is 2. The summed E-state index contributed by atoms with van der Waals surface area (Å²) in [6, 6.07) is 20.2. The van der Waals surface area contributed by atoms with E-state index in [1.54, 1.807) is 85.2 Å². The fraction of sp³-hybridized carbons (Fsp3) is 0.0400. The molecule has 0 spiro atoms. The number of nitrogens with one attached hydrogen (secondary N) is 3. The maximum Gasteiger partial charge on any atom is 0.323 e. The quantitative estimate of drug-likeness (QED) is 0.359. The molecule has 34 heavy (non-hydrogen) atoms. The molecule has 170 valence electrons. The Labute approximate surface area is 195 Å². The van der Waals surface area contributed by atoms with Crippen molar-refractivity contribution in [1.29, 1.82) is 0 Å². The Bertz CT molecular complexity index is 1280. The van der Waals surface area contributed by atoms with Crippen molar-refractivity contribution >= 4 is 23.3 Å². The van der Waals surface area contributed by atoms with Crippen molar-refractivity contribution in [3.05, 3.63) is 97.1 Å². The van der Waals surface area contributed by atoms with Crippen molar-refractivity contribution in [2.24, 2.45) is 0 Å². The number of benzene rings is 2. The minimum absolute atomic E-state index is 0.255. The summed E-state index contributed by atoms with van der Waals surface area (Å²) in [6.45, 7) is 0. The SMILES string of the molecule is CNC(=O)c1cc(Oc2ccc(NC(=O)Nc3cccc(Oc4ccncc4)c3)cc2)ccn1.